The summed E-state index contributed by atoms with van der Waals surface area (Å²) >= 11 is 0. The SMILES string of the molecule is N#Cc1ccc(CN(CC(F)(F)F)C(=O)C2CCN(S(=O)(=O)c3ccccc3C#N)CC2)cc1. The van der Waals surface area contributed by atoms with Crippen LogP contribution >= 0.6 is 0 Å². The Morgan fingerprint density at radius 3 is 2.21 bits per heavy atom. The molecule has 2 aromatic rings. The molecule has 34 heavy (non-hydrogen) atoms. The number of benzene rings is 2. The Kier molecular flexibility index (Phi) is 7.60. The molecule has 11 heteroatoms. The molecule has 1 aliphatic heterocycles. The number of hydrogen-bond donors (Lipinski definition) is 0. The number of alkyl halides is 3. The summed E-state index contributed by atoms with van der Waals surface area (Å²) in [6.45, 7) is -1.80. The van der Waals surface area contributed by atoms with E-state index in [1.54, 1.807) is 6.07 Å². The number of nitrogens with zero attached hydrogens (tertiary/aromatic N) is 4. The second-order valence-electron chi connectivity index (χ2n) is 7.90. The van der Waals surface area contributed by atoms with Gasteiger partial charge < -0.3 is 4.90 Å². The predicted molar refractivity (Wildman–Crippen MR) is 115 cm³/mol. The number of halogens is 3. The van der Waals surface area contributed by atoms with Crippen LogP contribution in [0.5, 0.6) is 0 Å². The van der Waals surface area contributed by atoms with Crippen LogP contribution < -0.4 is 0 Å². The van der Waals surface area contributed by atoms with Gasteiger partial charge in [-0.2, -0.15) is 28.0 Å². The first-order chi connectivity index (χ1) is 16.0. The van der Waals surface area contributed by atoms with Crippen molar-refractivity contribution in [2.24, 2.45) is 5.92 Å². The van der Waals surface area contributed by atoms with Crippen LogP contribution in [0.15, 0.2) is 53.4 Å². The third-order valence-electron chi connectivity index (χ3n) is 5.57. The number of amides is 1. The molecule has 0 atom stereocenters. The van der Waals surface area contributed by atoms with E-state index in [4.69, 9.17) is 5.26 Å². The number of carbonyl (C=O) groups is 1. The molecular weight excluding hydrogens is 469 g/mol. The van der Waals surface area contributed by atoms with Gasteiger partial charge >= 0.3 is 6.18 Å². The fraction of sp³-hybridized carbons (Fsp3) is 0.348. The zero-order valence-corrected chi connectivity index (χ0v) is 18.8. The highest BCUT2D eigenvalue weighted by Gasteiger charge is 2.38. The number of piperidine rings is 1. The maximum atomic E-state index is 13.2. The van der Waals surface area contributed by atoms with Crippen molar-refractivity contribution in [1.82, 2.24) is 9.21 Å². The van der Waals surface area contributed by atoms with Crippen molar-refractivity contribution >= 4 is 15.9 Å². The van der Waals surface area contributed by atoms with E-state index in [1.165, 1.54) is 42.5 Å². The molecular formula is C23H21F3N4O3S. The minimum Gasteiger partial charge on any atom is -0.329 e. The zero-order valence-electron chi connectivity index (χ0n) is 18.0. The first-order valence-electron chi connectivity index (χ1n) is 10.4. The van der Waals surface area contributed by atoms with Crippen molar-refractivity contribution in [1.29, 1.82) is 10.5 Å². The number of sulfonamides is 1. The number of hydrogen-bond acceptors (Lipinski definition) is 5. The van der Waals surface area contributed by atoms with Gasteiger partial charge in [-0.05, 0) is 42.7 Å². The lowest BCUT2D eigenvalue weighted by Crippen LogP contribution is -2.46. The molecule has 178 valence electrons. The second kappa shape index (κ2) is 10.2. The van der Waals surface area contributed by atoms with Gasteiger partial charge in [-0.15, -0.1) is 0 Å². The Labute approximate surface area is 195 Å². The Morgan fingerprint density at radius 1 is 1.03 bits per heavy atom. The van der Waals surface area contributed by atoms with Crippen LogP contribution in [-0.2, 0) is 21.4 Å². The average molecular weight is 491 g/mol. The predicted octanol–water partition coefficient (Wildman–Crippen LogP) is 3.42. The standard InChI is InChI=1S/C23H21F3N4O3S/c24-23(25,26)16-29(15-18-7-5-17(13-27)6-8-18)22(31)19-9-11-30(12-10-19)34(32,33)21-4-2-1-3-20(21)14-28/h1-8,19H,9-12,15-16H2. The van der Waals surface area contributed by atoms with Gasteiger partial charge in [0.05, 0.1) is 22.1 Å². The molecule has 0 radical (unpaired) electrons. The van der Waals surface area contributed by atoms with E-state index < -0.39 is 34.6 Å². The quantitative estimate of drug-likeness (QED) is 0.617. The summed E-state index contributed by atoms with van der Waals surface area (Å²) in [6.07, 6.45) is -4.48. The highest BCUT2D eigenvalue weighted by atomic mass is 32.2. The van der Waals surface area contributed by atoms with E-state index in [0.29, 0.717) is 11.1 Å². The van der Waals surface area contributed by atoms with Gasteiger partial charge in [0, 0.05) is 25.6 Å². The highest BCUT2D eigenvalue weighted by molar-refractivity contribution is 7.89. The first-order valence-corrected chi connectivity index (χ1v) is 11.8. The van der Waals surface area contributed by atoms with Gasteiger partial charge in [0.25, 0.3) is 0 Å². The summed E-state index contributed by atoms with van der Waals surface area (Å²) in [4.78, 5) is 13.6. The largest absolute Gasteiger partial charge is 0.406 e. The van der Waals surface area contributed by atoms with Crippen LogP contribution in [0.4, 0.5) is 13.2 Å². The van der Waals surface area contributed by atoms with Crippen LogP contribution in [0, 0.1) is 28.6 Å². The number of carbonyl (C=O) groups excluding carboxylic acids is 1. The lowest BCUT2D eigenvalue weighted by molar-refractivity contribution is -0.165. The minimum atomic E-state index is -4.60. The summed E-state index contributed by atoms with van der Waals surface area (Å²) in [7, 11) is -3.98. The maximum absolute atomic E-state index is 13.2. The molecule has 2 aromatic carbocycles. The Morgan fingerprint density at radius 2 is 1.65 bits per heavy atom. The third-order valence-corrected chi connectivity index (χ3v) is 7.52. The van der Waals surface area contributed by atoms with Gasteiger partial charge in [-0.1, -0.05) is 24.3 Å². The lowest BCUT2D eigenvalue weighted by atomic mass is 9.96. The van der Waals surface area contributed by atoms with Crippen molar-refractivity contribution in [3.63, 3.8) is 0 Å². The molecule has 1 heterocycles. The van der Waals surface area contributed by atoms with Crippen molar-refractivity contribution in [3.8, 4) is 12.1 Å². The molecule has 1 aliphatic rings. The molecule has 0 spiro atoms. The monoisotopic (exact) mass is 490 g/mol. The van der Waals surface area contributed by atoms with Gasteiger partial charge in [-0.3, -0.25) is 4.79 Å². The Balaban J connectivity index is 1.73. The van der Waals surface area contributed by atoms with Crippen molar-refractivity contribution in [3.05, 3.63) is 65.2 Å². The third kappa shape index (κ3) is 5.93. The first kappa shape index (κ1) is 25.2. The molecule has 0 aromatic heterocycles. The van der Waals surface area contributed by atoms with Crippen molar-refractivity contribution < 1.29 is 26.4 Å². The van der Waals surface area contributed by atoms with E-state index in [0.717, 1.165) is 9.21 Å². The van der Waals surface area contributed by atoms with E-state index in [1.807, 2.05) is 12.1 Å². The van der Waals surface area contributed by atoms with E-state index >= 15 is 0 Å². The number of nitriles is 2. The van der Waals surface area contributed by atoms with Gasteiger partial charge in [0.15, 0.2) is 0 Å². The summed E-state index contributed by atoms with van der Waals surface area (Å²) in [5, 5.41) is 18.1. The second-order valence-corrected chi connectivity index (χ2v) is 9.81. The molecule has 0 N–H and O–H groups in total. The van der Waals surface area contributed by atoms with Gasteiger partial charge in [0.2, 0.25) is 15.9 Å². The van der Waals surface area contributed by atoms with E-state index in [-0.39, 0.29) is 42.9 Å². The lowest BCUT2D eigenvalue weighted by Gasteiger charge is -2.34. The van der Waals surface area contributed by atoms with Crippen LogP contribution in [0.1, 0.15) is 29.5 Å². The molecule has 0 unspecified atom stereocenters. The topological polar surface area (TPSA) is 105 Å². The van der Waals surface area contributed by atoms with Gasteiger partial charge in [-0.25, -0.2) is 8.42 Å². The zero-order chi connectivity index (χ0) is 24.9. The van der Waals surface area contributed by atoms with Gasteiger partial charge in [0.1, 0.15) is 12.6 Å². The molecule has 1 amide bonds. The maximum Gasteiger partial charge on any atom is 0.406 e. The van der Waals surface area contributed by atoms with E-state index in [2.05, 4.69) is 0 Å². The molecule has 7 nitrogen and oxygen atoms in total. The van der Waals surface area contributed by atoms with E-state index in [9.17, 15) is 31.6 Å². The smallest absolute Gasteiger partial charge is 0.329 e. The molecule has 1 saturated heterocycles. The normalized spacial score (nSPS) is 15.3. The average Bonchev–Trinajstić information content (AvgIpc) is 2.82. The van der Waals surface area contributed by atoms with Crippen LogP contribution in [0.3, 0.4) is 0 Å². The molecule has 0 aliphatic carbocycles. The summed E-state index contributed by atoms with van der Waals surface area (Å²) in [5.41, 5.74) is 0.799. The Hall–Kier alpha value is -3.41. The van der Waals surface area contributed by atoms with Crippen LogP contribution in [-0.4, -0.2) is 49.3 Å². The molecule has 1 fully saturated rings. The number of rotatable bonds is 6. The van der Waals surface area contributed by atoms with Crippen LogP contribution in [0.25, 0.3) is 0 Å². The minimum absolute atomic E-state index is 0.000492. The van der Waals surface area contributed by atoms with Crippen LogP contribution in [0.2, 0.25) is 0 Å². The molecule has 0 saturated carbocycles. The van der Waals surface area contributed by atoms with Crippen molar-refractivity contribution in [2.75, 3.05) is 19.6 Å². The fourth-order valence-electron chi connectivity index (χ4n) is 3.86. The summed E-state index contributed by atoms with van der Waals surface area (Å²) in [5.74, 6) is -1.46. The highest BCUT2D eigenvalue weighted by Crippen LogP contribution is 2.28. The summed E-state index contributed by atoms with van der Waals surface area (Å²) in [6, 6.07) is 15.5. The fourth-order valence-corrected chi connectivity index (χ4v) is 5.47. The Bertz CT molecular complexity index is 1220. The summed E-state index contributed by atoms with van der Waals surface area (Å²) < 4.78 is 66.6. The van der Waals surface area contributed by atoms with Crippen molar-refractivity contribution in [2.45, 2.75) is 30.5 Å². The molecule has 0 bridgehead atoms. The molecule has 3 rings (SSSR count).